The first kappa shape index (κ1) is 10.4. The minimum atomic E-state index is 0.632. The van der Waals surface area contributed by atoms with Crippen molar-refractivity contribution in [2.45, 2.75) is 13.3 Å². The summed E-state index contributed by atoms with van der Waals surface area (Å²) in [6.45, 7) is 5.87. The molecule has 0 saturated heterocycles. The Kier molecular flexibility index (Phi) is 2.72. The number of pyridine rings is 1. The van der Waals surface area contributed by atoms with Crippen molar-refractivity contribution >= 4 is 5.69 Å². The summed E-state index contributed by atoms with van der Waals surface area (Å²) in [6, 6.07) is 3.94. The first-order chi connectivity index (χ1) is 7.65. The Labute approximate surface area is 94.4 Å². The molecule has 0 aliphatic carbocycles. The predicted molar refractivity (Wildman–Crippen MR) is 64.3 cm³/mol. The van der Waals surface area contributed by atoms with Crippen LogP contribution in [0, 0.1) is 0 Å². The molecule has 0 aliphatic rings. The monoisotopic (exact) mass is 214 g/mol. The highest BCUT2D eigenvalue weighted by Crippen LogP contribution is 2.09. The third kappa shape index (κ3) is 2.28. The zero-order valence-corrected chi connectivity index (χ0v) is 9.22. The number of anilines is 1. The van der Waals surface area contributed by atoms with Crippen LogP contribution in [-0.4, -0.2) is 14.8 Å². The lowest BCUT2D eigenvalue weighted by Crippen LogP contribution is -1.98. The summed E-state index contributed by atoms with van der Waals surface area (Å²) in [6.07, 6.45) is 6.03. The summed E-state index contributed by atoms with van der Waals surface area (Å²) in [4.78, 5) is 4.32. The molecule has 0 saturated carbocycles. The number of nitrogen functional groups attached to an aromatic ring is 1. The highest BCUT2D eigenvalue weighted by molar-refractivity contribution is 5.35. The topological polar surface area (TPSA) is 56.7 Å². The summed E-state index contributed by atoms with van der Waals surface area (Å²) in [5, 5.41) is 4.09. The van der Waals surface area contributed by atoms with Crippen LogP contribution in [-0.2, 0) is 6.42 Å². The molecule has 0 fully saturated rings. The zero-order chi connectivity index (χ0) is 11.5. The SMILES string of the molecule is C=C(C)Cc1ccc(-n2cc(N)cn2)nc1. The summed E-state index contributed by atoms with van der Waals surface area (Å²) in [5.74, 6) is 0.766. The van der Waals surface area contributed by atoms with Gasteiger partial charge < -0.3 is 5.73 Å². The van der Waals surface area contributed by atoms with Gasteiger partial charge in [-0.25, -0.2) is 9.67 Å². The van der Waals surface area contributed by atoms with Gasteiger partial charge in [0.25, 0.3) is 0 Å². The van der Waals surface area contributed by atoms with Crippen molar-refractivity contribution in [1.82, 2.24) is 14.8 Å². The van der Waals surface area contributed by atoms with E-state index in [9.17, 15) is 0 Å². The normalized spacial score (nSPS) is 10.3. The molecule has 0 radical (unpaired) electrons. The van der Waals surface area contributed by atoms with Gasteiger partial charge in [0.2, 0.25) is 0 Å². The smallest absolute Gasteiger partial charge is 0.153 e. The molecular weight excluding hydrogens is 200 g/mol. The van der Waals surface area contributed by atoms with E-state index in [-0.39, 0.29) is 0 Å². The third-order valence-electron chi connectivity index (χ3n) is 2.15. The van der Waals surface area contributed by atoms with Gasteiger partial charge in [0, 0.05) is 6.20 Å². The van der Waals surface area contributed by atoms with Gasteiger partial charge >= 0.3 is 0 Å². The van der Waals surface area contributed by atoms with Gasteiger partial charge in [0.15, 0.2) is 5.82 Å². The van der Waals surface area contributed by atoms with E-state index in [0.29, 0.717) is 5.69 Å². The van der Waals surface area contributed by atoms with Crippen LogP contribution < -0.4 is 5.73 Å². The fourth-order valence-corrected chi connectivity index (χ4v) is 1.47. The fourth-order valence-electron chi connectivity index (χ4n) is 1.47. The van der Waals surface area contributed by atoms with Gasteiger partial charge in [-0.2, -0.15) is 5.10 Å². The molecule has 2 aromatic heterocycles. The molecule has 0 bridgehead atoms. The van der Waals surface area contributed by atoms with E-state index in [1.165, 1.54) is 0 Å². The summed E-state index contributed by atoms with van der Waals surface area (Å²) in [5.41, 5.74) is 8.49. The van der Waals surface area contributed by atoms with Crippen LogP contribution in [0.3, 0.4) is 0 Å². The number of aromatic nitrogens is 3. The second-order valence-corrected chi connectivity index (χ2v) is 3.88. The molecular formula is C12H14N4. The molecule has 2 N–H and O–H groups in total. The molecule has 16 heavy (non-hydrogen) atoms. The largest absolute Gasteiger partial charge is 0.396 e. The maximum atomic E-state index is 5.59. The van der Waals surface area contributed by atoms with Gasteiger partial charge in [-0.3, -0.25) is 0 Å². The molecule has 2 heterocycles. The van der Waals surface area contributed by atoms with Crippen molar-refractivity contribution in [1.29, 1.82) is 0 Å². The lowest BCUT2D eigenvalue weighted by molar-refractivity contribution is 0.844. The summed E-state index contributed by atoms with van der Waals surface area (Å²) < 4.78 is 1.65. The van der Waals surface area contributed by atoms with E-state index >= 15 is 0 Å². The highest BCUT2D eigenvalue weighted by atomic mass is 15.3. The van der Waals surface area contributed by atoms with Gasteiger partial charge in [0.1, 0.15) is 0 Å². The van der Waals surface area contributed by atoms with Crippen LogP contribution in [0.1, 0.15) is 12.5 Å². The molecule has 4 nitrogen and oxygen atoms in total. The summed E-state index contributed by atoms with van der Waals surface area (Å²) >= 11 is 0. The average Bonchev–Trinajstić information content (AvgIpc) is 2.65. The van der Waals surface area contributed by atoms with E-state index in [1.807, 2.05) is 25.3 Å². The second-order valence-electron chi connectivity index (χ2n) is 3.88. The van der Waals surface area contributed by atoms with E-state index in [1.54, 1.807) is 17.1 Å². The van der Waals surface area contributed by atoms with Crippen LogP contribution in [0.2, 0.25) is 0 Å². The van der Waals surface area contributed by atoms with Crippen LogP contribution in [0.25, 0.3) is 5.82 Å². The molecule has 4 heteroatoms. The molecule has 0 aliphatic heterocycles. The molecule has 0 atom stereocenters. The van der Waals surface area contributed by atoms with Crippen molar-refractivity contribution < 1.29 is 0 Å². The number of nitrogens with two attached hydrogens (primary N) is 1. The molecule has 0 unspecified atom stereocenters. The lowest BCUT2D eigenvalue weighted by Gasteiger charge is -2.02. The van der Waals surface area contributed by atoms with E-state index in [4.69, 9.17) is 5.73 Å². The Balaban J connectivity index is 2.22. The van der Waals surface area contributed by atoms with Gasteiger partial charge in [-0.05, 0) is 25.0 Å². The van der Waals surface area contributed by atoms with Crippen LogP contribution in [0.4, 0.5) is 5.69 Å². The zero-order valence-electron chi connectivity index (χ0n) is 9.22. The number of hydrogen-bond acceptors (Lipinski definition) is 3. The number of rotatable bonds is 3. The van der Waals surface area contributed by atoms with E-state index < -0.39 is 0 Å². The maximum absolute atomic E-state index is 5.59. The Morgan fingerprint density at radius 2 is 2.25 bits per heavy atom. The maximum Gasteiger partial charge on any atom is 0.153 e. The van der Waals surface area contributed by atoms with Crippen molar-refractivity contribution in [2.24, 2.45) is 0 Å². The lowest BCUT2D eigenvalue weighted by atomic mass is 10.1. The molecule has 0 spiro atoms. The summed E-state index contributed by atoms with van der Waals surface area (Å²) in [7, 11) is 0. The Bertz CT molecular complexity index is 496. The van der Waals surface area contributed by atoms with E-state index in [0.717, 1.165) is 23.4 Å². The number of nitrogens with zero attached hydrogens (tertiary/aromatic N) is 3. The van der Waals surface area contributed by atoms with Gasteiger partial charge in [-0.1, -0.05) is 18.2 Å². The minimum Gasteiger partial charge on any atom is -0.396 e. The molecule has 82 valence electrons. The standard InChI is InChI=1S/C12H14N4/c1-9(2)5-10-3-4-12(14-6-10)16-8-11(13)7-15-16/h3-4,6-8H,1,5,13H2,2H3. The Morgan fingerprint density at radius 1 is 1.44 bits per heavy atom. The quantitative estimate of drug-likeness (QED) is 0.795. The first-order valence-electron chi connectivity index (χ1n) is 5.05. The molecule has 0 aromatic carbocycles. The van der Waals surface area contributed by atoms with Gasteiger partial charge in [-0.15, -0.1) is 0 Å². The Morgan fingerprint density at radius 3 is 2.75 bits per heavy atom. The average molecular weight is 214 g/mol. The third-order valence-corrected chi connectivity index (χ3v) is 2.15. The second kappa shape index (κ2) is 4.18. The van der Waals surface area contributed by atoms with Crippen LogP contribution in [0.15, 0.2) is 42.9 Å². The van der Waals surface area contributed by atoms with E-state index in [2.05, 4.69) is 16.7 Å². The predicted octanol–water partition coefficient (Wildman–Crippen LogP) is 1.97. The van der Waals surface area contributed by atoms with Crippen molar-refractivity contribution in [3.63, 3.8) is 0 Å². The number of hydrogen-bond donors (Lipinski definition) is 1. The van der Waals surface area contributed by atoms with Crippen molar-refractivity contribution in [3.8, 4) is 5.82 Å². The molecule has 0 amide bonds. The minimum absolute atomic E-state index is 0.632. The molecule has 2 rings (SSSR count). The van der Waals surface area contributed by atoms with Crippen LogP contribution in [0.5, 0.6) is 0 Å². The first-order valence-corrected chi connectivity index (χ1v) is 5.05. The van der Waals surface area contributed by atoms with Crippen molar-refractivity contribution in [2.75, 3.05) is 5.73 Å². The highest BCUT2D eigenvalue weighted by Gasteiger charge is 2.00. The van der Waals surface area contributed by atoms with Crippen molar-refractivity contribution in [3.05, 3.63) is 48.4 Å². The van der Waals surface area contributed by atoms with Crippen LogP contribution >= 0.6 is 0 Å². The molecule has 2 aromatic rings. The van der Waals surface area contributed by atoms with Gasteiger partial charge in [0.05, 0.1) is 18.1 Å². The Hall–Kier alpha value is -2.10. The number of allylic oxidation sites excluding steroid dienone is 1. The fraction of sp³-hybridized carbons (Fsp3) is 0.167.